The van der Waals surface area contributed by atoms with E-state index in [-0.39, 0.29) is 10.5 Å². The molecule has 7 nitrogen and oxygen atoms in total. The Morgan fingerprint density at radius 3 is 2.35 bits per heavy atom. The summed E-state index contributed by atoms with van der Waals surface area (Å²) in [5.74, 6) is -0.229. The summed E-state index contributed by atoms with van der Waals surface area (Å²) >= 11 is 0. The van der Waals surface area contributed by atoms with Crippen molar-refractivity contribution in [2.75, 3.05) is 18.9 Å². The van der Waals surface area contributed by atoms with Crippen molar-refractivity contribution in [1.29, 1.82) is 0 Å². The summed E-state index contributed by atoms with van der Waals surface area (Å²) < 4.78 is 38.9. The average Bonchev–Trinajstić information content (AvgIpc) is 2.78. The predicted octanol–water partition coefficient (Wildman–Crippen LogP) is 3.99. The number of aryl methyl sites for hydroxylation is 2. The molecule has 2 N–H and O–H groups in total. The zero-order valence-electron chi connectivity index (χ0n) is 17.2. The van der Waals surface area contributed by atoms with E-state index in [2.05, 4.69) is 4.72 Å². The third-order valence-electron chi connectivity index (χ3n) is 4.78. The number of anilines is 1. The third-order valence-corrected chi connectivity index (χ3v) is 6.15. The number of hydrogen-bond acceptors (Lipinski definition) is 5. The first-order chi connectivity index (χ1) is 14.8. The van der Waals surface area contributed by atoms with Gasteiger partial charge in [-0.3, -0.25) is 4.72 Å². The number of methoxy groups -OCH3 is 2. The van der Waals surface area contributed by atoms with E-state index >= 15 is 0 Å². The van der Waals surface area contributed by atoms with Crippen LogP contribution in [0, 0.1) is 0 Å². The maximum absolute atomic E-state index is 12.9. The van der Waals surface area contributed by atoms with Gasteiger partial charge in [-0.25, -0.2) is 13.2 Å². The number of sulfonamides is 1. The van der Waals surface area contributed by atoms with Crippen LogP contribution in [0.1, 0.15) is 21.5 Å². The second-order valence-electron chi connectivity index (χ2n) is 6.78. The lowest BCUT2D eigenvalue weighted by Gasteiger charge is -2.14. The van der Waals surface area contributed by atoms with Gasteiger partial charge in [-0.1, -0.05) is 30.3 Å². The van der Waals surface area contributed by atoms with E-state index in [1.165, 1.54) is 38.5 Å². The minimum Gasteiger partial charge on any atom is -0.493 e. The first-order valence-electron chi connectivity index (χ1n) is 9.49. The SMILES string of the molecule is COc1ccc(S(=O)(=O)Nc2ccccc2CCc2cccc(C(=O)O)c2)cc1OC. The highest BCUT2D eigenvalue weighted by Gasteiger charge is 2.18. The van der Waals surface area contributed by atoms with Crippen LogP contribution in [0.25, 0.3) is 0 Å². The van der Waals surface area contributed by atoms with Gasteiger partial charge in [0, 0.05) is 6.07 Å². The van der Waals surface area contributed by atoms with Gasteiger partial charge in [-0.05, 0) is 54.3 Å². The van der Waals surface area contributed by atoms with Gasteiger partial charge in [0.1, 0.15) is 0 Å². The van der Waals surface area contributed by atoms with Gasteiger partial charge in [0.25, 0.3) is 10.0 Å². The molecule has 0 saturated heterocycles. The van der Waals surface area contributed by atoms with Crippen LogP contribution < -0.4 is 14.2 Å². The van der Waals surface area contributed by atoms with Crippen molar-refractivity contribution in [3.8, 4) is 11.5 Å². The summed E-state index contributed by atoms with van der Waals surface area (Å²) in [6.07, 6.45) is 1.10. The summed E-state index contributed by atoms with van der Waals surface area (Å²) in [6.45, 7) is 0. The minimum atomic E-state index is -3.86. The minimum absolute atomic E-state index is 0.0501. The second kappa shape index (κ2) is 9.53. The van der Waals surface area contributed by atoms with E-state index in [1.807, 2.05) is 18.2 Å². The Morgan fingerprint density at radius 1 is 0.903 bits per heavy atom. The Labute approximate surface area is 181 Å². The van der Waals surface area contributed by atoms with E-state index in [4.69, 9.17) is 14.6 Å². The highest BCUT2D eigenvalue weighted by atomic mass is 32.2. The Kier molecular flexibility index (Phi) is 6.81. The van der Waals surface area contributed by atoms with Crippen molar-refractivity contribution in [3.05, 3.63) is 83.4 Å². The molecule has 0 atom stereocenters. The second-order valence-corrected chi connectivity index (χ2v) is 8.47. The summed E-state index contributed by atoms with van der Waals surface area (Å²) in [7, 11) is -0.938. The molecule has 162 valence electrons. The number of para-hydroxylation sites is 1. The van der Waals surface area contributed by atoms with Gasteiger partial charge >= 0.3 is 5.97 Å². The number of benzene rings is 3. The molecule has 0 aliphatic heterocycles. The van der Waals surface area contributed by atoms with Crippen LogP contribution in [0.5, 0.6) is 11.5 Å². The average molecular weight is 442 g/mol. The van der Waals surface area contributed by atoms with Crippen molar-refractivity contribution >= 4 is 21.7 Å². The van der Waals surface area contributed by atoms with Gasteiger partial charge in [0.2, 0.25) is 0 Å². The van der Waals surface area contributed by atoms with Crippen LogP contribution in [-0.2, 0) is 22.9 Å². The zero-order valence-corrected chi connectivity index (χ0v) is 18.0. The molecule has 3 rings (SSSR count). The molecular weight excluding hydrogens is 418 g/mol. The number of ether oxygens (including phenoxy) is 2. The fourth-order valence-electron chi connectivity index (χ4n) is 3.16. The Bertz CT molecular complexity index is 1190. The number of aromatic carboxylic acids is 1. The first kappa shape index (κ1) is 22.2. The van der Waals surface area contributed by atoms with Crippen LogP contribution >= 0.6 is 0 Å². The molecule has 0 radical (unpaired) electrons. The van der Waals surface area contributed by atoms with Crippen molar-refractivity contribution in [3.63, 3.8) is 0 Å². The van der Waals surface area contributed by atoms with Gasteiger partial charge in [0.15, 0.2) is 11.5 Å². The molecule has 0 spiro atoms. The predicted molar refractivity (Wildman–Crippen MR) is 118 cm³/mol. The molecule has 3 aromatic rings. The molecule has 0 aliphatic rings. The van der Waals surface area contributed by atoms with Crippen LogP contribution in [0.4, 0.5) is 5.69 Å². The lowest BCUT2D eigenvalue weighted by atomic mass is 10.0. The maximum atomic E-state index is 12.9. The van der Waals surface area contributed by atoms with Gasteiger partial charge in [-0.2, -0.15) is 0 Å². The quantitative estimate of drug-likeness (QED) is 0.521. The largest absolute Gasteiger partial charge is 0.493 e. The molecule has 0 fully saturated rings. The van der Waals surface area contributed by atoms with Crippen molar-refractivity contribution < 1.29 is 27.8 Å². The summed E-state index contributed by atoms with van der Waals surface area (Å²) in [5, 5.41) is 9.15. The van der Waals surface area contributed by atoms with Crippen molar-refractivity contribution in [2.45, 2.75) is 17.7 Å². The molecule has 0 heterocycles. The van der Waals surface area contributed by atoms with E-state index in [9.17, 15) is 13.2 Å². The summed E-state index contributed by atoms with van der Waals surface area (Å²) in [6, 6.07) is 18.2. The highest BCUT2D eigenvalue weighted by molar-refractivity contribution is 7.92. The molecule has 0 aliphatic carbocycles. The molecule has 3 aromatic carbocycles. The fourth-order valence-corrected chi connectivity index (χ4v) is 4.28. The monoisotopic (exact) mass is 441 g/mol. The standard InChI is InChI=1S/C23H23NO6S/c1-29-21-13-12-19(15-22(21)30-2)31(27,28)24-20-9-4-3-7-17(20)11-10-16-6-5-8-18(14-16)23(25)26/h3-9,12-15,24H,10-11H2,1-2H3,(H,25,26). The maximum Gasteiger partial charge on any atom is 0.335 e. The van der Waals surface area contributed by atoms with Gasteiger partial charge < -0.3 is 14.6 Å². The molecule has 0 aromatic heterocycles. The van der Waals surface area contributed by atoms with Crippen LogP contribution in [-0.4, -0.2) is 33.7 Å². The molecule has 0 bridgehead atoms. The number of nitrogens with one attached hydrogen (secondary N) is 1. The Hall–Kier alpha value is -3.52. The van der Waals surface area contributed by atoms with E-state index in [0.717, 1.165) is 11.1 Å². The van der Waals surface area contributed by atoms with Crippen molar-refractivity contribution in [1.82, 2.24) is 0 Å². The van der Waals surface area contributed by atoms with Crippen LogP contribution in [0.3, 0.4) is 0 Å². The first-order valence-corrected chi connectivity index (χ1v) is 11.0. The molecule has 0 unspecified atom stereocenters. The van der Waals surface area contributed by atoms with Crippen molar-refractivity contribution in [2.24, 2.45) is 0 Å². The molecule has 0 saturated carbocycles. The number of carboxylic acid groups (broad SMARTS) is 1. The van der Waals surface area contributed by atoms with Gasteiger partial charge in [-0.15, -0.1) is 0 Å². The number of carboxylic acids is 1. The smallest absolute Gasteiger partial charge is 0.335 e. The lowest BCUT2D eigenvalue weighted by molar-refractivity contribution is 0.0696. The number of carbonyl (C=O) groups is 1. The third kappa shape index (κ3) is 5.35. The lowest BCUT2D eigenvalue weighted by Crippen LogP contribution is -2.14. The summed E-state index contributed by atoms with van der Waals surface area (Å²) in [4.78, 5) is 11.2. The van der Waals surface area contributed by atoms with Gasteiger partial charge in [0.05, 0.1) is 30.4 Å². The molecule has 0 amide bonds. The van der Waals surface area contributed by atoms with Crippen LogP contribution in [0.15, 0.2) is 71.6 Å². The highest BCUT2D eigenvalue weighted by Crippen LogP contribution is 2.30. The molecule has 31 heavy (non-hydrogen) atoms. The Morgan fingerprint density at radius 2 is 1.65 bits per heavy atom. The molecule has 8 heteroatoms. The number of rotatable bonds is 9. The van der Waals surface area contributed by atoms with Crippen LogP contribution in [0.2, 0.25) is 0 Å². The Balaban J connectivity index is 1.82. The number of hydrogen-bond donors (Lipinski definition) is 2. The zero-order chi connectivity index (χ0) is 22.4. The topological polar surface area (TPSA) is 102 Å². The van der Waals surface area contributed by atoms with E-state index < -0.39 is 16.0 Å². The summed E-state index contributed by atoms with van der Waals surface area (Å²) in [5.41, 5.74) is 2.34. The van der Waals surface area contributed by atoms with E-state index in [0.29, 0.717) is 30.0 Å². The normalized spacial score (nSPS) is 11.0. The molecular formula is C23H23NO6S. The van der Waals surface area contributed by atoms with E-state index in [1.54, 1.807) is 24.3 Å². The fraction of sp³-hybridized carbons (Fsp3) is 0.174.